The SMILES string of the molecule is COc1ccc2c(O[C@@H]3C[C@H]4C(=O)N[C@]5(C(=O)NS(=O)(=O)C6(C)CC6)C[C@H]5/C=C\CCCCC[C@H](Nc5cc(F)c(F)c(F)c5)C(=O)N4C3)cc(-c3nc(C(C)C)cs3)nc2c1C. The molecule has 0 unspecified atom stereocenters. The normalized spacial score (nSPS) is 25.3. The second-order valence-corrected chi connectivity index (χ2v) is 20.7. The van der Waals surface area contributed by atoms with E-state index in [0.29, 0.717) is 71.6 Å². The van der Waals surface area contributed by atoms with Crippen LogP contribution in [0.1, 0.15) is 95.7 Å². The van der Waals surface area contributed by atoms with Crippen LogP contribution in [0.25, 0.3) is 21.6 Å². The molecule has 2 aliphatic heterocycles. The molecule has 336 valence electrons. The van der Waals surface area contributed by atoms with Crippen molar-refractivity contribution in [2.24, 2.45) is 5.92 Å². The van der Waals surface area contributed by atoms with Crippen LogP contribution in [0.15, 0.2) is 47.9 Å². The Morgan fingerprint density at radius 2 is 1.79 bits per heavy atom. The Bertz CT molecular complexity index is 2600. The van der Waals surface area contributed by atoms with Crippen LogP contribution in [0.4, 0.5) is 18.9 Å². The van der Waals surface area contributed by atoms with Crippen molar-refractivity contribution in [3.05, 3.63) is 76.6 Å². The van der Waals surface area contributed by atoms with Crippen molar-refractivity contribution in [3.8, 4) is 22.2 Å². The lowest BCUT2D eigenvalue weighted by molar-refractivity contribution is -0.140. The average molecular weight is 909 g/mol. The monoisotopic (exact) mass is 908 g/mol. The molecule has 2 saturated carbocycles. The van der Waals surface area contributed by atoms with Gasteiger partial charge in [-0.2, -0.15) is 0 Å². The number of hydrogen-bond donors (Lipinski definition) is 3. The fourth-order valence-electron chi connectivity index (χ4n) is 8.44. The van der Waals surface area contributed by atoms with Crippen LogP contribution in [0, 0.1) is 30.3 Å². The molecule has 1 saturated heterocycles. The third kappa shape index (κ3) is 8.72. The zero-order valence-corrected chi connectivity index (χ0v) is 37.4. The summed E-state index contributed by atoms with van der Waals surface area (Å²) >= 11 is 1.44. The van der Waals surface area contributed by atoms with Gasteiger partial charge in [0, 0.05) is 52.6 Å². The number of sulfonamides is 1. The number of nitrogens with one attached hydrogen (secondary N) is 3. The number of anilines is 1. The van der Waals surface area contributed by atoms with Gasteiger partial charge in [0.2, 0.25) is 21.8 Å². The average Bonchev–Trinajstić information content (AvgIpc) is 4.01. The Morgan fingerprint density at radius 3 is 2.48 bits per heavy atom. The van der Waals surface area contributed by atoms with Crippen LogP contribution in [0.2, 0.25) is 0 Å². The van der Waals surface area contributed by atoms with E-state index in [4.69, 9.17) is 19.4 Å². The first-order valence-corrected chi connectivity index (χ1v) is 23.7. The van der Waals surface area contributed by atoms with Gasteiger partial charge in [0.15, 0.2) is 17.5 Å². The van der Waals surface area contributed by atoms with Crippen molar-refractivity contribution in [2.75, 3.05) is 19.0 Å². The number of allylic oxidation sites excluding steroid dienone is 1. The third-order valence-corrected chi connectivity index (χ3v) is 15.8. The summed E-state index contributed by atoms with van der Waals surface area (Å²) in [5, 5.41) is 9.07. The van der Waals surface area contributed by atoms with E-state index in [-0.39, 0.29) is 37.4 Å². The molecule has 5 atom stereocenters. The van der Waals surface area contributed by atoms with Gasteiger partial charge < -0.3 is 25.0 Å². The predicted octanol–water partition coefficient (Wildman–Crippen LogP) is 7.44. The molecule has 63 heavy (non-hydrogen) atoms. The molecule has 4 aliphatic rings. The lowest BCUT2D eigenvalue weighted by Gasteiger charge is -2.30. The number of hydrogen-bond acceptors (Lipinski definition) is 11. The number of halogens is 3. The number of thiazole rings is 1. The zero-order chi connectivity index (χ0) is 45.0. The third-order valence-electron chi connectivity index (χ3n) is 12.8. The number of aryl methyl sites for hydroxylation is 1. The van der Waals surface area contributed by atoms with Gasteiger partial charge in [0.1, 0.15) is 45.9 Å². The molecule has 18 heteroatoms. The fourth-order valence-corrected chi connectivity index (χ4v) is 10.7. The van der Waals surface area contributed by atoms with Crippen molar-refractivity contribution >= 4 is 55.7 Å². The van der Waals surface area contributed by atoms with E-state index in [1.54, 1.807) is 26.2 Å². The van der Waals surface area contributed by atoms with Crippen LogP contribution >= 0.6 is 11.3 Å². The first-order chi connectivity index (χ1) is 29.9. The molecule has 3 fully saturated rings. The lowest BCUT2D eigenvalue weighted by atomic mass is 10.0. The van der Waals surface area contributed by atoms with Crippen LogP contribution in [0.3, 0.4) is 0 Å². The highest BCUT2D eigenvalue weighted by atomic mass is 32.2. The van der Waals surface area contributed by atoms with Crippen LogP contribution in [-0.4, -0.2) is 83.1 Å². The molecule has 0 spiro atoms. The van der Waals surface area contributed by atoms with Gasteiger partial charge in [-0.05, 0) is 70.4 Å². The molecule has 13 nitrogen and oxygen atoms in total. The van der Waals surface area contributed by atoms with Gasteiger partial charge in [-0.3, -0.25) is 19.1 Å². The number of carbonyl (C=O) groups excluding carboxylic acids is 3. The van der Waals surface area contributed by atoms with E-state index in [1.807, 2.05) is 44.4 Å². The molecule has 2 aliphatic carbocycles. The van der Waals surface area contributed by atoms with Crippen molar-refractivity contribution in [3.63, 3.8) is 0 Å². The number of amides is 3. The fraction of sp³-hybridized carbons (Fsp3) is 0.489. The molecule has 4 heterocycles. The summed E-state index contributed by atoms with van der Waals surface area (Å²) in [5.41, 5.74) is 1.04. The van der Waals surface area contributed by atoms with Gasteiger partial charge in [-0.1, -0.05) is 38.8 Å². The Labute approximate surface area is 368 Å². The van der Waals surface area contributed by atoms with E-state index in [1.165, 1.54) is 16.2 Å². The standard InChI is InChI=1S/C45H51F3N6O7S2/c1-24(2)34-23-62-41(51-34)33-20-37(29-13-14-36(60-5)25(3)39(29)50-33)61-28-19-35-40(55)52-45(43(57)53-63(58,59)44(4)15-16-44)21-26(45)11-9-7-6-8-10-12-32(42(56)54(35)22-28)49-27-17-30(46)38(48)31(47)18-27/h9,11,13-14,17-18,20,23-24,26,28,32,35,49H,6-8,10,12,15-16,19,21-22H2,1-5H3,(H,52,55)(H,53,57)/b11-9-/t26-,28-,32+,35+,45-/m1/s1. The van der Waals surface area contributed by atoms with E-state index >= 15 is 0 Å². The molecule has 3 amide bonds. The number of benzene rings is 2. The number of aromatic nitrogens is 2. The minimum Gasteiger partial charge on any atom is -0.496 e. The van der Waals surface area contributed by atoms with Gasteiger partial charge in [-0.15, -0.1) is 11.3 Å². The summed E-state index contributed by atoms with van der Waals surface area (Å²) in [6.45, 7) is 7.43. The molecule has 8 rings (SSSR count). The maximum atomic E-state index is 14.8. The molecular formula is C45H51F3N6O7S2. The number of pyridine rings is 1. The predicted molar refractivity (Wildman–Crippen MR) is 232 cm³/mol. The smallest absolute Gasteiger partial charge is 0.259 e. The van der Waals surface area contributed by atoms with Crippen LogP contribution in [-0.2, 0) is 24.4 Å². The van der Waals surface area contributed by atoms with Gasteiger partial charge in [-0.25, -0.2) is 31.6 Å². The van der Waals surface area contributed by atoms with Crippen LogP contribution in [0.5, 0.6) is 11.5 Å². The molecular weight excluding hydrogens is 858 g/mol. The number of carbonyl (C=O) groups is 3. The van der Waals surface area contributed by atoms with E-state index < -0.39 is 79.6 Å². The highest BCUT2D eigenvalue weighted by Gasteiger charge is 2.63. The molecule has 2 aromatic heterocycles. The second kappa shape index (κ2) is 17.0. The molecule has 2 aromatic carbocycles. The summed E-state index contributed by atoms with van der Waals surface area (Å²) in [7, 11) is -2.49. The minimum absolute atomic E-state index is 0.0400. The molecule has 0 radical (unpaired) electrons. The maximum absolute atomic E-state index is 14.8. The van der Waals surface area contributed by atoms with E-state index in [9.17, 15) is 36.0 Å². The van der Waals surface area contributed by atoms with Gasteiger partial charge in [0.25, 0.3) is 5.91 Å². The summed E-state index contributed by atoms with van der Waals surface area (Å²) in [4.78, 5) is 54.7. The van der Waals surface area contributed by atoms with Crippen molar-refractivity contribution in [1.29, 1.82) is 0 Å². The van der Waals surface area contributed by atoms with Crippen LogP contribution < -0.4 is 24.8 Å². The maximum Gasteiger partial charge on any atom is 0.259 e. The number of rotatable bonds is 10. The molecule has 3 N–H and O–H groups in total. The van der Waals surface area contributed by atoms with E-state index in [2.05, 4.69) is 15.4 Å². The highest BCUT2D eigenvalue weighted by molar-refractivity contribution is 7.91. The Hall–Kier alpha value is -5.23. The Morgan fingerprint density at radius 1 is 1.05 bits per heavy atom. The lowest BCUT2D eigenvalue weighted by Crippen LogP contribution is -2.58. The summed E-state index contributed by atoms with van der Waals surface area (Å²) in [6.07, 6.45) is 6.54. The summed E-state index contributed by atoms with van der Waals surface area (Å²) in [5.74, 6) is -5.96. The highest BCUT2D eigenvalue weighted by Crippen LogP contribution is 2.48. The van der Waals surface area contributed by atoms with Crippen molar-refractivity contribution in [2.45, 2.75) is 120 Å². The summed E-state index contributed by atoms with van der Waals surface area (Å²) in [6, 6.07) is 4.60. The molecule has 0 bridgehead atoms. The van der Waals surface area contributed by atoms with Crippen molar-refractivity contribution in [1.82, 2.24) is 24.9 Å². The second-order valence-electron chi connectivity index (χ2n) is 17.7. The summed E-state index contributed by atoms with van der Waals surface area (Å²) < 4.78 is 83.0. The number of ether oxygens (including phenoxy) is 2. The van der Waals surface area contributed by atoms with E-state index in [0.717, 1.165) is 23.4 Å². The first kappa shape index (κ1) is 44.4. The zero-order valence-electron chi connectivity index (χ0n) is 35.7. The molecule has 4 aromatic rings. The van der Waals surface area contributed by atoms with Crippen molar-refractivity contribution < 1.29 is 45.4 Å². The quantitative estimate of drug-likeness (QED) is 0.107. The Kier molecular flexibility index (Phi) is 12.0. The first-order valence-electron chi connectivity index (χ1n) is 21.3. The van der Waals surface area contributed by atoms with Gasteiger partial charge >= 0.3 is 0 Å². The Balaban J connectivity index is 1.16. The number of nitrogens with zero attached hydrogens (tertiary/aromatic N) is 3. The topological polar surface area (TPSA) is 169 Å². The number of fused-ring (bicyclic) bond motifs is 3. The largest absolute Gasteiger partial charge is 0.496 e. The van der Waals surface area contributed by atoms with Gasteiger partial charge in [0.05, 0.1) is 29.6 Å². The number of methoxy groups -OCH3 is 1. The minimum atomic E-state index is -4.06.